The van der Waals surface area contributed by atoms with Crippen LogP contribution in [-0.4, -0.2) is 55.9 Å². The van der Waals surface area contributed by atoms with Gasteiger partial charge in [-0.1, -0.05) is 26.0 Å². The van der Waals surface area contributed by atoms with Crippen LogP contribution in [0.3, 0.4) is 0 Å². The Bertz CT molecular complexity index is 714. The van der Waals surface area contributed by atoms with Gasteiger partial charge in [0.25, 0.3) is 5.91 Å². The van der Waals surface area contributed by atoms with Crippen molar-refractivity contribution in [2.24, 2.45) is 11.7 Å². The van der Waals surface area contributed by atoms with E-state index in [1.807, 2.05) is 39.0 Å². The first kappa shape index (κ1) is 26.1. The second-order valence-corrected chi connectivity index (χ2v) is 9.66. The Morgan fingerprint density at radius 3 is 2.37 bits per heavy atom. The summed E-state index contributed by atoms with van der Waals surface area (Å²) in [7, 11) is -2.88. The number of halogens is 2. The molecule has 156 valence electrons. The molecule has 1 aliphatic heterocycles. The third-order valence-corrected chi connectivity index (χ3v) is 6.74. The van der Waals surface area contributed by atoms with Gasteiger partial charge in [-0.15, -0.1) is 24.8 Å². The fourth-order valence-electron chi connectivity index (χ4n) is 2.74. The molecule has 1 amide bonds. The van der Waals surface area contributed by atoms with E-state index in [1.54, 1.807) is 6.07 Å². The van der Waals surface area contributed by atoms with Crippen LogP contribution in [-0.2, 0) is 16.4 Å². The maximum atomic E-state index is 12.6. The third-order valence-electron chi connectivity index (χ3n) is 5.13. The lowest BCUT2D eigenvalue weighted by Crippen LogP contribution is -2.55. The molecule has 0 bridgehead atoms. The van der Waals surface area contributed by atoms with Gasteiger partial charge in [-0.3, -0.25) is 9.69 Å². The standard InChI is InChI=1S/C18H29N3O3S.2ClH/c1-14(2)18(3,13-19)20-17(22)16-6-4-5-15(11-16)12-21-7-9-25(23,24)10-8-21;;/h4-6,11,14H,7-10,12-13,19H2,1-3H3,(H,20,22);2*1H. The zero-order valence-electron chi connectivity index (χ0n) is 16.1. The Hall–Kier alpha value is -0.860. The molecule has 0 saturated carbocycles. The van der Waals surface area contributed by atoms with E-state index in [9.17, 15) is 13.2 Å². The molecule has 0 aromatic heterocycles. The Morgan fingerprint density at radius 1 is 1.26 bits per heavy atom. The third kappa shape index (κ3) is 7.23. The van der Waals surface area contributed by atoms with Gasteiger partial charge in [-0.05, 0) is 30.5 Å². The maximum Gasteiger partial charge on any atom is 0.251 e. The number of benzene rings is 1. The number of nitrogens with two attached hydrogens (primary N) is 1. The summed E-state index contributed by atoms with van der Waals surface area (Å²) in [6, 6.07) is 7.48. The summed E-state index contributed by atoms with van der Waals surface area (Å²) in [6.45, 7) is 8.12. The Kier molecular flexibility index (Phi) is 10.3. The summed E-state index contributed by atoms with van der Waals surface area (Å²) in [6.07, 6.45) is 0. The maximum absolute atomic E-state index is 12.6. The highest BCUT2D eigenvalue weighted by Crippen LogP contribution is 2.17. The highest BCUT2D eigenvalue weighted by molar-refractivity contribution is 7.91. The molecule has 1 saturated heterocycles. The molecule has 1 unspecified atom stereocenters. The lowest BCUT2D eigenvalue weighted by Gasteiger charge is -2.33. The molecule has 1 aromatic rings. The topological polar surface area (TPSA) is 92.5 Å². The number of hydrogen-bond acceptors (Lipinski definition) is 5. The van der Waals surface area contributed by atoms with Crippen molar-refractivity contribution < 1.29 is 13.2 Å². The van der Waals surface area contributed by atoms with Crippen LogP contribution in [0.25, 0.3) is 0 Å². The molecule has 1 aromatic carbocycles. The first-order valence-corrected chi connectivity index (χ1v) is 10.5. The number of sulfone groups is 1. The van der Waals surface area contributed by atoms with E-state index >= 15 is 0 Å². The average molecular weight is 440 g/mol. The lowest BCUT2D eigenvalue weighted by atomic mass is 9.88. The van der Waals surface area contributed by atoms with Crippen LogP contribution in [0.4, 0.5) is 0 Å². The Morgan fingerprint density at radius 2 is 1.85 bits per heavy atom. The summed E-state index contributed by atoms with van der Waals surface area (Å²) >= 11 is 0. The van der Waals surface area contributed by atoms with Gasteiger partial charge in [0.05, 0.1) is 17.0 Å². The van der Waals surface area contributed by atoms with Gasteiger partial charge in [-0.2, -0.15) is 0 Å². The number of nitrogens with zero attached hydrogens (tertiary/aromatic N) is 1. The van der Waals surface area contributed by atoms with Crippen molar-refractivity contribution in [1.82, 2.24) is 10.2 Å². The van der Waals surface area contributed by atoms with E-state index in [0.29, 0.717) is 31.7 Å². The highest BCUT2D eigenvalue weighted by atomic mass is 35.5. The van der Waals surface area contributed by atoms with Crippen molar-refractivity contribution in [3.05, 3.63) is 35.4 Å². The van der Waals surface area contributed by atoms with Crippen molar-refractivity contribution >= 4 is 40.6 Å². The SMILES string of the molecule is CC(C)C(C)(CN)NC(=O)c1cccc(CN2CCS(=O)(=O)CC2)c1.Cl.Cl. The molecular weight excluding hydrogens is 409 g/mol. The van der Waals surface area contributed by atoms with Crippen molar-refractivity contribution in [2.45, 2.75) is 32.9 Å². The zero-order valence-corrected chi connectivity index (χ0v) is 18.6. The molecule has 0 spiro atoms. The predicted octanol–water partition coefficient (Wildman–Crippen LogP) is 1.86. The molecule has 6 nitrogen and oxygen atoms in total. The van der Waals surface area contributed by atoms with Crippen molar-refractivity contribution in [1.29, 1.82) is 0 Å². The second-order valence-electron chi connectivity index (χ2n) is 7.36. The molecule has 27 heavy (non-hydrogen) atoms. The van der Waals surface area contributed by atoms with Crippen LogP contribution in [0.15, 0.2) is 24.3 Å². The average Bonchev–Trinajstić information content (AvgIpc) is 2.56. The van der Waals surface area contributed by atoms with Crippen LogP contribution >= 0.6 is 24.8 Å². The lowest BCUT2D eigenvalue weighted by molar-refractivity contribution is 0.0883. The normalized spacial score (nSPS) is 18.7. The van der Waals surface area contributed by atoms with Crippen molar-refractivity contribution in [3.63, 3.8) is 0 Å². The fraction of sp³-hybridized carbons (Fsp3) is 0.611. The van der Waals surface area contributed by atoms with Gasteiger partial charge in [0.15, 0.2) is 9.84 Å². The summed E-state index contributed by atoms with van der Waals surface area (Å²) in [5, 5.41) is 3.04. The quantitative estimate of drug-likeness (QED) is 0.705. The molecule has 3 N–H and O–H groups in total. The van der Waals surface area contributed by atoms with Crippen LogP contribution in [0.1, 0.15) is 36.7 Å². The number of carbonyl (C=O) groups is 1. The summed E-state index contributed by atoms with van der Waals surface area (Å²) < 4.78 is 23.0. The number of carbonyl (C=O) groups excluding carboxylic acids is 1. The van der Waals surface area contributed by atoms with Gasteiger partial charge in [0.1, 0.15) is 0 Å². The first-order valence-electron chi connectivity index (χ1n) is 8.69. The molecule has 1 atom stereocenters. The summed E-state index contributed by atoms with van der Waals surface area (Å²) in [5.74, 6) is 0.497. The molecule has 0 aliphatic carbocycles. The van der Waals surface area contributed by atoms with E-state index in [1.165, 1.54) is 0 Å². The van der Waals surface area contributed by atoms with Crippen LogP contribution in [0, 0.1) is 5.92 Å². The number of nitrogens with one attached hydrogen (secondary N) is 1. The molecule has 1 heterocycles. The van der Waals surface area contributed by atoms with Crippen molar-refractivity contribution in [3.8, 4) is 0 Å². The van der Waals surface area contributed by atoms with E-state index in [4.69, 9.17) is 5.73 Å². The Balaban J connectivity index is 0.00000338. The van der Waals surface area contributed by atoms with E-state index < -0.39 is 15.4 Å². The van der Waals surface area contributed by atoms with Crippen LogP contribution in [0.2, 0.25) is 0 Å². The largest absolute Gasteiger partial charge is 0.345 e. The fourth-order valence-corrected chi connectivity index (χ4v) is 4.02. The van der Waals surface area contributed by atoms with Gasteiger partial charge < -0.3 is 11.1 Å². The smallest absolute Gasteiger partial charge is 0.251 e. The molecule has 2 rings (SSSR count). The van der Waals surface area contributed by atoms with Gasteiger partial charge in [-0.25, -0.2) is 8.42 Å². The first-order chi connectivity index (χ1) is 11.6. The van der Waals surface area contributed by atoms with Gasteiger partial charge >= 0.3 is 0 Å². The van der Waals surface area contributed by atoms with E-state index in [0.717, 1.165) is 5.56 Å². The predicted molar refractivity (Wildman–Crippen MR) is 115 cm³/mol. The number of hydrogen-bond donors (Lipinski definition) is 2. The van der Waals surface area contributed by atoms with E-state index in [-0.39, 0.29) is 48.1 Å². The summed E-state index contributed by atoms with van der Waals surface area (Å²) in [5.41, 5.74) is 6.99. The molecular formula is C18H31Cl2N3O3S. The van der Waals surface area contributed by atoms with Crippen LogP contribution < -0.4 is 11.1 Å². The van der Waals surface area contributed by atoms with E-state index in [2.05, 4.69) is 10.2 Å². The highest BCUT2D eigenvalue weighted by Gasteiger charge is 2.29. The number of rotatable bonds is 6. The van der Waals surface area contributed by atoms with Crippen LogP contribution in [0.5, 0.6) is 0 Å². The summed E-state index contributed by atoms with van der Waals surface area (Å²) in [4.78, 5) is 14.7. The van der Waals surface area contributed by atoms with Crippen molar-refractivity contribution in [2.75, 3.05) is 31.1 Å². The molecule has 9 heteroatoms. The van der Waals surface area contributed by atoms with Gasteiger partial charge in [0.2, 0.25) is 0 Å². The minimum atomic E-state index is -2.88. The molecule has 0 radical (unpaired) electrons. The zero-order chi connectivity index (χ0) is 18.7. The minimum Gasteiger partial charge on any atom is -0.345 e. The monoisotopic (exact) mass is 439 g/mol. The number of amides is 1. The minimum absolute atomic E-state index is 0. The second kappa shape index (κ2) is 10.6. The molecule has 1 fully saturated rings. The Labute approximate surface area is 175 Å². The van der Waals surface area contributed by atoms with Gasteiger partial charge in [0, 0.05) is 31.7 Å². The molecule has 1 aliphatic rings.